The Kier molecular flexibility index (Phi) is 4.41. The number of amides is 2. The number of aryl methyl sites for hydroxylation is 2. The van der Waals surface area contributed by atoms with Gasteiger partial charge in [-0.1, -0.05) is 66.7 Å². The van der Waals surface area contributed by atoms with Crippen molar-refractivity contribution in [1.29, 1.82) is 0 Å². The summed E-state index contributed by atoms with van der Waals surface area (Å²) in [5.41, 5.74) is 4.12. The van der Waals surface area contributed by atoms with Crippen LogP contribution in [0.15, 0.2) is 78.9 Å². The molecule has 0 spiro atoms. The number of carbonyl (C=O) groups excluding carboxylic acids is 3. The van der Waals surface area contributed by atoms with Crippen LogP contribution in [0.3, 0.4) is 0 Å². The number of carbonyl (C=O) groups is 3. The van der Waals surface area contributed by atoms with Gasteiger partial charge in [-0.3, -0.25) is 14.4 Å². The highest BCUT2D eigenvalue weighted by Crippen LogP contribution is 2.73. The highest BCUT2D eigenvalue weighted by atomic mass is 16.2. The van der Waals surface area contributed by atoms with E-state index in [1.54, 1.807) is 0 Å². The Morgan fingerprint density at radius 3 is 1.51 bits per heavy atom. The topological polar surface area (TPSA) is 54.5 Å². The summed E-state index contributed by atoms with van der Waals surface area (Å²) in [5.74, 6) is -2.03. The molecule has 2 aliphatic carbocycles. The van der Waals surface area contributed by atoms with Crippen molar-refractivity contribution in [2.24, 2.45) is 22.7 Å². The Hall–Kier alpha value is -3.79. The molecule has 1 saturated heterocycles. The van der Waals surface area contributed by atoms with Crippen molar-refractivity contribution in [2.45, 2.75) is 27.7 Å². The number of benzene rings is 3. The van der Waals surface area contributed by atoms with Crippen LogP contribution in [-0.4, -0.2) is 17.6 Å². The van der Waals surface area contributed by atoms with E-state index in [9.17, 15) is 14.4 Å². The maximum atomic E-state index is 14.3. The van der Waals surface area contributed by atoms with Crippen molar-refractivity contribution in [3.63, 3.8) is 0 Å². The SMILES string of the molecule is Cc1ccc(N2C(=O)[C@@H]3[C@H](C2=O)[C@@]2(C)C(=O)[C@@]3(C)C(c3ccccc3)=C2c2ccccc2)cc1C. The summed E-state index contributed by atoms with van der Waals surface area (Å²) in [6, 6.07) is 25.3. The zero-order valence-corrected chi connectivity index (χ0v) is 20.3. The first-order valence-electron chi connectivity index (χ1n) is 12.1. The van der Waals surface area contributed by atoms with Gasteiger partial charge >= 0.3 is 0 Å². The fraction of sp³-hybridized carbons (Fsp3) is 0.258. The predicted octanol–water partition coefficient (Wildman–Crippen LogP) is 5.63. The Morgan fingerprint density at radius 1 is 0.629 bits per heavy atom. The number of Topliss-reactive ketones (excluding diaryl/α,β-unsaturated/α-hetero) is 1. The minimum atomic E-state index is -1.09. The third-order valence-electron chi connectivity index (χ3n) is 8.66. The van der Waals surface area contributed by atoms with Gasteiger partial charge in [0.1, 0.15) is 0 Å². The van der Waals surface area contributed by atoms with Crippen LogP contribution in [0.1, 0.15) is 36.1 Å². The van der Waals surface area contributed by atoms with E-state index >= 15 is 0 Å². The lowest BCUT2D eigenvalue weighted by Crippen LogP contribution is -2.40. The normalized spacial score (nSPS) is 29.4. The minimum Gasteiger partial charge on any atom is -0.298 e. The molecule has 2 bridgehead atoms. The van der Waals surface area contributed by atoms with Gasteiger partial charge in [-0.05, 0) is 73.2 Å². The summed E-state index contributed by atoms with van der Waals surface area (Å²) < 4.78 is 0. The van der Waals surface area contributed by atoms with Crippen molar-refractivity contribution in [1.82, 2.24) is 0 Å². The zero-order valence-electron chi connectivity index (χ0n) is 20.3. The second kappa shape index (κ2) is 7.11. The van der Waals surface area contributed by atoms with Gasteiger partial charge in [-0.2, -0.15) is 0 Å². The first-order chi connectivity index (χ1) is 16.7. The lowest BCUT2D eigenvalue weighted by molar-refractivity contribution is -0.133. The quantitative estimate of drug-likeness (QED) is 0.475. The molecule has 0 unspecified atom stereocenters. The standard InChI is InChI=1S/C31H27NO3/c1-18-15-16-22(17-19(18)2)32-27(33)25-26(28(32)34)31(4)24(21-13-9-6-10-14-21)23(30(25,3)29(31)35)20-11-7-5-8-12-20/h5-17,25-26H,1-4H3/t25-,26+,30-,31-/m0/s1. The van der Waals surface area contributed by atoms with Gasteiger partial charge in [-0.25, -0.2) is 4.90 Å². The maximum absolute atomic E-state index is 14.3. The van der Waals surface area contributed by atoms with Crippen molar-refractivity contribution in [2.75, 3.05) is 4.90 Å². The number of allylic oxidation sites excluding steroid dienone is 2. The molecule has 0 N–H and O–H groups in total. The summed E-state index contributed by atoms with van der Waals surface area (Å²) in [6.07, 6.45) is 0. The molecule has 3 aromatic carbocycles. The van der Waals surface area contributed by atoms with Crippen LogP contribution in [0.5, 0.6) is 0 Å². The molecule has 0 aromatic heterocycles. The Balaban J connectivity index is 1.61. The van der Waals surface area contributed by atoms with Gasteiger partial charge < -0.3 is 0 Å². The molecule has 3 aromatic rings. The molecule has 1 aliphatic heterocycles. The van der Waals surface area contributed by atoms with Crippen molar-refractivity contribution >= 4 is 34.4 Å². The highest BCUT2D eigenvalue weighted by molar-refractivity contribution is 6.34. The predicted molar refractivity (Wildman–Crippen MR) is 136 cm³/mol. The van der Waals surface area contributed by atoms with E-state index in [1.165, 1.54) is 4.90 Å². The number of fused-ring (bicyclic) bond motifs is 5. The molecule has 3 aliphatic rings. The van der Waals surface area contributed by atoms with E-state index in [2.05, 4.69) is 0 Å². The third-order valence-corrected chi connectivity index (χ3v) is 8.66. The molecule has 174 valence electrons. The molecule has 2 amide bonds. The number of nitrogens with zero attached hydrogens (tertiary/aromatic N) is 1. The average Bonchev–Trinajstić information content (AvgIpc) is 3.31. The number of imide groups is 1. The molecule has 35 heavy (non-hydrogen) atoms. The molecule has 0 radical (unpaired) electrons. The summed E-state index contributed by atoms with van der Waals surface area (Å²) in [4.78, 5) is 43.6. The van der Waals surface area contributed by atoms with Crippen LogP contribution < -0.4 is 4.90 Å². The number of hydrogen-bond donors (Lipinski definition) is 0. The Labute approximate surface area is 205 Å². The number of anilines is 1. The van der Waals surface area contributed by atoms with Gasteiger partial charge in [-0.15, -0.1) is 0 Å². The van der Waals surface area contributed by atoms with E-state index in [-0.39, 0.29) is 17.6 Å². The van der Waals surface area contributed by atoms with E-state index in [4.69, 9.17) is 0 Å². The Morgan fingerprint density at radius 2 is 1.09 bits per heavy atom. The molecule has 4 heteroatoms. The first-order valence-corrected chi connectivity index (χ1v) is 12.1. The van der Waals surface area contributed by atoms with Crippen molar-refractivity contribution in [3.8, 4) is 0 Å². The lowest BCUT2D eigenvalue weighted by Gasteiger charge is -2.35. The zero-order chi connectivity index (χ0) is 24.7. The van der Waals surface area contributed by atoms with E-state index < -0.39 is 22.7 Å². The van der Waals surface area contributed by atoms with Gasteiger partial charge in [0.15, 0.2) is 5.78 Å². The third kappa shape index (κ3) is 2.54. The summed E-state index contributed by atoms with van der Waals surface area (Å²) in [5, 5.41) is 0. The lowest BCUT2D eigenvalue weighted by atomic mass is 9.63. The van der Waals surface area contributed by atoms with Crippen LogP contribution in [0.25, 0.3) is 11.1 Å². The fourth-order valence-corrected chi connectivity index (χ4v) is 6.93. The van der Waals surface area contributed by atoms with Gasteiger partial charge in [0.25, 0.3) is 0 Å². The molecular formula is C31H27NO3. The fourth-order valence-electron chi connectivity index (χ4n) is 6.93. The number of hydrogen-bond acceptors (Lipinski definition) is 3. The molecule has 1 saturated carbocycles. The average molecular weight is 462 g/mol. The van der Waals surface area contributed by atoms with Crippen LogP contribution in [0.2, 0.25) is 0 Å². The monoisotopic (exact) mass is 461 g/mol. The van der Waals surface area contributed by atoms with Gasteiger partial charge in [0.2, 0.25) is 11.8 Å². The van der Waals surface area contributed by atoms with Crippen LogP contribution in [0.4, 0.5) is 5.69 Å². The highest BCUT2D eigenvalue weighted by Gasteiger charge is 2.78. The van der Waals surface area contributed by atoms with Gasteiger partial charge in [0.05, 0.1) is 28.4 Å². The van der Waals surface area contributed by atoms with Crippen molar-refractivity contribution in [3.05, 3.63) is 101 Å². The largest absolute Gasteiger partial charge is 0.298 e. The minimum absolute atomic E-state index is 0.0286. The summed E-state index contributed by atoms with van der Waals surface area (Å²) in [6.45, 7) is 7.74. The molecule has 4 atom stereocenters. The smallest absolute Gasteiger partial charge is 0.239 e. The molecule has 1 heterocycles. The van der Waals surface area contributed by atoms with Crippen molar-refractivity contribution < 1.29 is 14.4 Å². The maximum Gasteiger partial charge on any atom is 0.239 e. The summed E-state index contributed by atoms with van der Waals surface area (Å²) >= 11 is 0. The second-order valence-corrected chi connectivity index (χ2v) is 10.5. The summed E-state index contributed by atoms with van der Waals surface area (Å²) in [7, 11) is 0. The molecular weight excluding hydrogens is 434 g/mol. The van der Waals surface area contributed by atoms with E-state index in [1.807, 2.05) is 107 Å². The molecule has 4 nitrogen and oxygen atoms in total. The first kappa shape index (κ1) is 21.7. The molecule has 2 fully saturated rings. The van der Waals surface area contributed by atoms with Crippen LogP contribution in [-0.2, 0) is 14.4 Å². The number of ketones is 1. The van der Waals surface area contributed by atoms with Crippen LogP contribution in [0, 0.1) is 36.5 Å². The van der Waals surface area contributed by atoms with Crippen LogP contribution >= 0.6 is 0 Å². The van der Waals surface area contributed by atoms with E-state index in [0.29, 0.717) is 5.69 Å². The van der Waals surface area contributed by atoms with E-state index in [0.717, 1.165) is 33.4 Å². The Bertz CT molecular complexity index is 1370. The van der Waals surface area contributed by atoms with Gasteiger partial charge in [0, 0.05) is 0 Å². The second-order valence-electron chi connectivity index (χ2n) is 10.5. The molecule has 6 rings (SSSR count). The number of rotatable bonds is 3.